The van der Waals surface area contributed by atoms with Gasteiger partial charge in [-0.3, -0.25) is 0 Å². The molecular weight excluding hydrogens is 317 g/mol. The first-order valence-corrected chi connectivity index (χ1v) is 8.38. The Morgan fingerprint density at radius 3 is 2.54 bits per heavy atom. The van der Waals surface area contributed by atoms with Gasteiger partial charge >= 0.3 is 6.18 Å². The normalized spacial score (nSPS) is 16.9. The van der Waals surface area contributed by atoms with E-state index in [2.05, 4.69) is 13.8 Å². The zero-order chi connectivity index (χ0) is 17.7. The third kappa shape index (κ3) is 5.26. The van der Waals surface area contributed by atoms with Gasteiger partial charge in [-0.2, -0.15) is 13.2 Å². The van der Waals surface area contributed by atoms with Crippen LogP contribution in [0, 0.1) is 11.8 Å². The Morgan fingerprint density at radius 2 is 1.96 bits per heavy atom. The molecule has 1 aliphatic heterocycles. The van der Waals surface area contributed by atoms with E-state index in [1.807, 2.05) is 13.0 Å². The molecule has 0 fully saturated rings. The van der Waals surface area contributed by atoms with Crippen LogP contribution >= 0.6 is 0 Å². The summed E-state index contributed by atoms with van der Waals surface area (Å²) in [6, 6.07) is 4.34. The second-order valence-corrected chi connectivity index (χ2v) is 6.81. The summed E-state index contributed by atoms with van der Waals surface area (Å²) in [5.74, 6) is 0.618. The molecule has 1 aromatic rings. The van der Waals surface area contributed by atoms with Gasteiger partial charge in [0.1, 0.15) is 5.75 Å². The highest BCUT2D eigenvalue weighted by Crippen LogP contribution is 2.38. The number of benzene rings is 1. The molecule has 2 rings (SSSR count). The molecule has 1 aliphatic rings. The van der Waals surface area contributed by atoms with E-state index >= 15 is 0 Å². The van der Waals surface area contributed by atoms with Crippen molar-refractivity contribution in [1.29, 1.82) is 0 Å². The molecule has 1 aromatic carbocycles. The number of hydrogen-bond donors (Lipinski definition) is 0. The highest BCUT2D eigenvalue weighted by molar-refractivity contribution is 5.68. The summed E-state index contributed by atoms with van der Waals surface area (Å²) in [6.45, 7) is 7.45. The summed E-state index contributed by atoms with van der Waals surface area (Å²) in [4.78, 5) is 0. The summed E-state index contributed by atoms with van der Waals surface area (Å²) >= 11 is 0. The van der Waals surface area contributed by atoms with Crippen LogP contribution in [0.4, 0.5) is 13.2 Å². The Kier molecular flexibility index (Phi) is 6.33. The van der Waals surface area contributed by atoms with Crippen LogP contribution in [-0.4, -0.2) is 19.8 Å². The molecule has 1 unspecified atom stereocenters. The Balaban J connectivity index is 2.20. The molecule has 0 saturated heterocycles. The van der Waals surface area contributed by atoms with Crippen molar-refractivity contribution in [3.63, 3.8) is 0 Å². The highest BCUT2D eigenvalue weighted by Gasteiger charge is 2.35. The van der Waals surface area contributed by atoms with Crippen LogP contribution in [0.1, 0.15) is 44.7 Å². The van der Waals surface area contributed by atoms with Gasteiger partial charge in [0.2, 0.25) is 0 Å². The Morgan fingerprint density at radius 1 is 1.21 bits per heavy atom. The lowest BCUT2D eigenvalue weighted by Crippen LogP contribution is -2.15. The monoisotopic (exact) mass is 342 g/mol. The Bertz CT molecular complexity index is 576. The van der Waals surface area contributed by atoms with Gasteiger partial charge in [0.15, 0.2) is 0 Å². The van der Waals surface area contributed by atoms with E-state index in [1.165, 1.54) is 12.1 Å². The molecule has 134 valence electrons. The molecule has 0 spiro atoms. The molecule has 0 aliphatic carbocycles. The minimum absolute atomic E-state index is 0.0884. The Labute approximate surface area is 141 Å². The predicted molar refractivity (Wildman–Crippen MR) is 89.0 cm³/mol. The summed E-state index contributed by atoms with van der Waals surface area (Å²) in [7, 11) is 0. The maximum absolute atomic E-state index is 13.4. The van der Waals surface area contributed by atoms with Crippen LogP contribution in [0.3, 0.4) is 0 Å². The number of rotatable bonds is 6. The minimum atomic E-state index is -4.43. The van der Waals surface area contributed by atoms with E-state index in [0.717, 1.165) is 12.0 Å². The van der Waals surface area contributed by atoms with Crippen LogP contribution in [0.25, 0.3) is 5.57 Å². The van der Waals surface area contributed by atoms with Crippen molar-refractivity contribution in [3.05, 3.63) is 35.4 Å². The maximum atomic E-state index is 13.4. The largest absolute Gasteiger partial charge is 0.493 e. The van der Waals surface area contributed by atoms with Crippen molar-refractivity contribution >= 4 is 5.57 Å². The fourth-order valence-electron chi connectivity index (χ4n) is 2.97. The van der Waals surface area contributed by atoms with E-state index in [0.29, 0.717) is 31.1 Å². The molecule has 0 aromatic heterocycles. The molecule has 1 atom stereocenters. The average Bonchev–Trinajstić information content (AvgIpc) is 2.52. The first kappa shape index (κ1) is 18.8. The molecule has 24 heavy (non-hydrogen) atoms. The first-order valence-electron chi connectivity index (χ1n) is 8.38. The molecule has 0 amide bonds. The molecule has 2 nitrogen and oxygen atoms in total. The summed E-state index contributed by atoms with van der Waals surface area (Å²) < 4.78 is 50.9. The van der Waals surface area contributed by atoms with Crippen LogP contribution < -0.4 is 4.74 Å². The number of alkyl halides is 3. The number of halogens is 3. The van der Waals surface area contributed by atoms with Gasteiger partial charge in [0, 0.05) is 0 Å². The third-order valence-corrected chi connectivity index (χ3v) is 4.02. The molecule has 1 heterocycles. The zero-order valence-electron chi connectivity index (χ0n) is 14.5. The van der Waals surface area contributed by atoms with Crippen molar-refractivity contribution in [3.8, 4) is 5.75 Å². The van der Waals surface area contributed by atoms with Crippen molar-refractivity contribution in [2.75, 3.05) is 19.8 Å². The summed E-state index contributed by atoms with van der Waals surface area (Å²) in [5, 5.41) is 0. The molecule has 0 radical (unpaired) electrons. The van der Waals surface area contributed by atoms with E-state index in [-0.39, 0.29) is 18.3 Å². The van der Waals surface area contributed by atoms with Gasteiger partial charge in [0.25, 0.3) is 0 Å². The third-order valence-electron chi connectivity index (χ3n) is 4.02. The van der Waals surface area contributed by atoms with Crippen molar-refractivity contribution in [1.82, 2.24) is 0 Å². The fourth-order valence-corrected chi connectivity index (χ4v) is 2.97. The van der Waals surface area contributed by atoms with E-state index in [9.17, 15) is 13.2 Å². The molecule has 0 bridgehead atoms. The van der Waals surface area contributed by atoms with E-state index < -0.39 is 11.7 Å². The lowest BCUT2D eigenvalue weighted by atomic mass is 9.98. The van der Waals surface area contributed by atoms with Crippen molar-refractivity contribution in [2.24, 2.45) is 11.8 Å². The van der Waals surface area contributed by atoms with Gasteiger partial charge in [-0.05, 0) is 47.9 Å². The van der Waals surface area contributed by atoms with E-state index in [4.69, 9.17) is 9.47 Å². The quantitative estimate of drug-likeness (QED) is 0.673. The van der Waals surface area contributed by atoms with E-state index in [1.54, 1.807) is 6.07 Å². The van der Waals surface area contributed by atoms with Crippen molar-refractivity contribution < 1.29 is 22.6 Å². The topological polar surface area (TPSA) is 18.5 Å². The van der Waals surface area contributed by atoms with Gasteiger partial charge in [-0.25, -0.2) is 0 Å². The van der Waals surface area contributed by atoms with Gasteiger partial charge in [-0.15, -0.1) is 0 Å². The number of ether oxygens (including phenoxy) is 2. The predicted octanol–water partition coefficient (Wildman–Crippen LogP) is 5.57. The van der Waals surface area contributed by atoms with Gasteiger partial charge in [-0.1, -0.05) is 32.9 Å². The lowest BCUT2D eigenvalue weighted by Gasteiger charge is -2.20. The summed E-state index contributed by atoms with van der Waals surface area (Å²) in [6.07, 6.45) is -1.04. The van der Waals surface area contributed by atoms with Gasteiger partial charge in [0.05, 0.1) is 25.4 Å². The molecule has 0 saturated carbocycles. The van der Waals surface area contributed by atoms with Gasteiger partial charge < -0.3 is 9.47 Å². The standard InChI is InChI=1S/C19H25F3O2/c1-13(2)10-14(3)12-24-18-5-4-16(11-17(18)19(20,21)22)15-6-8-23-9-7-15/h4-6,11,13-14H,7-10,12H2,1-3H3. The number of hydrogen-bond acceptors (Lipinski definition) is 2. The lowest BCUT2D eigenvalue weighted by molar-refractivity contribution is -0.139. The average molecular weight is 342 g/mol. The molecular formula is C19H25F3O2. The van der Waals surface area contributed by atoms with Crippen molar-refractivity contribution in [2.45, 2.75) is 39.8 Å². The van der Waals surface area contributed by atoms with Crippen LogP contribution in [0.2, 0.25) is 0 Å². The van der Waals surface area contributed by atoms with Crippen LogP contribution in [-0.2, 0) is 10.9 Å². The molecule has 0 N–H and O–H groups in total. The highest BCUT2D eigenvalue weighted by atomic mass is 19.4. The first-order chi connectivity index (χ1) is 11.3. The fraction of sp³-hybridized carbons (Fsp3) is 0.579. The maximum Gasteiger partial charge on any atom is 0.419 e. The summed E-state index contributed by atoms with van der Waals surface area (Å²) in [5.41, 5.74) is 0.781. The second-order valence-electron chi connectivity index (χ2n) is 6.81. The Hall–Kier alpha value is -1.49. The smallest absolute Gasteiger partial charge is 0.419 e. The zero-order valence-corrected chi connectivity index (χ0v) is 14.5. The second kappa shape index (κ2) is 8.06. The van der Waals surface area contributed by atoms with Crippen LogP contribution in [0.5, 0.6) is 5.75 Å². The minimum Gasteiger partial charge on any atom is -0.493 e. The molecule has 5 heteroatoms. The SMILES string of the molecule is CC(C)CC(C)COc1ccc(C2=CCOCC2)cc1C(F)(F)F. The van der Waals surface area contributed by atoms with Crippen LogP contribution in [0.15, 0.2) is 24.3 Å².